The Morgan fingerprint density at radius 2 is 2.17 bits per heavy atom. The summed E-state index contributed by atoms with van der Waals surface area (Å²) in [5.41, 5.74) is 0. The molecule has 1 atom stereocenters. The van der Waals surface area contributed by atoms with Gasteiger partial charge in [0.1, 0.15) is 5.03 Å². The fourth-order valence-corrected chi connectivity index (χ4v) is 2.25. The van der Waals surface area contributed by atoms with Crippen LogP contribution in [0.2, 0.25) is 0 Å². The molecule has 102 valence electrons. The van der Waals surface area contributed by atoms with E-state index in [1.54, 1.807) is 0 Å². The fraction of sp³-hybridized carbons (Fsp3) is 0.583. The van der Waals surface area contributed by atoms with Crippen LogP contribution in [-0.4, -0.2) is 28.5 Å². The number of pyridine rings is 1. The highest BCUT2D eigenvalue weighted by Gasteiger charge is 2.14. The molecule has 0 fully saturated rings. The summed E-state index contributed by atoms with van der Waals surface area (Å²) in [4.78, 5) is 3.95. The minimum absolute atomic E-state index is 0.0292. The molecule has 0 radical (unpaired) electrons. The van der Waals surface area contributed by atoms with Gasteiger partial charge in [0.15, 0.2) is 17.5 Å². The predicted octanol–water partition coefficient (Wildman–Crippen LogP) is 3.04. The van der Waals surface area contributed by atoms with Crippen molar-refractivity contribution in [2.24, 2.45) is 0 Å². The van der Waals surface area contributed by atoms with Crippen molar-refractivity contribution in [3.05, 3.63) is 17.7 Å². The van der Waals surface area contributed by atoms with Crippen LogP contribution in [0.25, 0.3) is 0 Å². The number of hydrogen-bond acceptors (Lipinski definition) is 4. The van der Waals surface area contributed by atoms with Gasteiger partial charge in [-0.1, -0.05) is 13.8 Å². The maximum absolute atomic E-state index is 13.5. The molecule has 1 heterocycles. The number of rotatable bonds is 7. The largest absolute Gasteiger partial charge is 0.396 e. The number of aromatic nitrogens is 1. The first-order valence-corrected chi connectivity index (χ1v) is 6.83. The van der Waals surface area contributed by atoms with Crippen molar-refractivity contribution in [1.29, 1.82) is 0 Å². The number of hydrogen-bond donors (Lipinski definition) is 2. The van der Waals surface area contributed by atoms with Gasteiger partial charge in [-0.15, -0.1) is 11.8 Å². The number of nitrogens with zero attached hydrogens (tertiary/aromatic N) is 1. The summed E-state index contributed by atoms with van der Waals surface area (Å²) in [6.45, 7) is 4.45. The lowest BCUT2D eigenvalue weighted by atomic mass is 10.3. The Morgan fingerprint density at radius 3 is 2.78 bits per heavy atom. The molecule has 1 rings (SSSR count). The first-order chi connectivity index (χ1) is 8.58. The third kappa shape index (κ3) is 4.42. The summed E-state index contributed by atoms with van der Waals surface area (Å²) in [6, 6.07) is 0.846. The predicted molar refractivity (Wildman–Crippen MR) is 70.0 cm³/mol. The highest BCUT2D eigenvalue weighted by Crippen LogP contribution is 2.28. The minimum atomic E-state index is -0.680. The minimum Gasteiger partial charge on any atom is -0.396 e. The molecule has 0 bridgehead atoms. The molecule has 1 aromatic heterocycles. The average Bonchev–Trinajstić information content (AvgIpc) is 2.31. The molecular formula is C12H18F2N2OS. The van der Waals surface area contributed by atoms with E-state index in [9.17, 15) is 8.78 Å². The van der Waals surface area contributed by atoms with Crippen molar-refractivity contribution >= 4 is 17.6 Å². The molecule has 18 heavy (non-hydrogen) atoms. The van der Waals surface area contributed by atoms with E-state index >= 15 is 0 Å². The highest BCUT2D eigenvalue weighted by atomic mass is 32.2. The Morgan fingerprint density at radius 1 is 1.44 bits per heavy atom. The zero-order chi connectivity index (χ0) is 13.5. The SMILES string of the molecule is CCCNc1nc(SC(C)CCO)c(F)cc1F. The molecule has 0 aromatic carbocycles. The van der Waals surface area contributed by atoms with Crippen molar-refractivity contribution < 1.29 is 13.9 Å². The van der Waals surface area contributed by atoms with Gasteiger partial charge in [-0.05, 0) is 12.8 Å². The molecule has 6 heteroatoms. The summed E-state index contributed by atoms with van der Waals surface area (Å²) in [5, 5.41) is 11.8. The Balaban J connectivity index is 2.83. The Hall–Kier alpha value is -0.880. The third-order valence-electron chi connectivity index (χ3n) is 2.29. The van der Waals surface area contributed by atoms with E-state index in [2.05, 4.69) is 10.3 Å². The van der Waals surface area contributed by atoms with Gasteiger partial charge in [-0.2, -0.15) is 0 Å². The van der Waals surface area contributed by atoms with Gasteiger partial charge in [0, 0.05) is 24.5 Å². The molecule has 1 aromatic rings. The molecule has 0 aliphatic carbocycles. The maximum Gasteiger partial charge on any atom is 0.168 e. The molecule has 0 spiro atoms. The second-order valence-corrected chi connectivity index (χ2v) is 5.40. The van der Waals surface area contributed by atoms with Gasteiger partial charge in [-0.25, -0.2) is 13.8 Å². The van der Waals surface area contributed by atoms with E-state index in [1.807, 2.05) is 13.8 Å². The van der Waals surface area contributed by atoms with E-state index in [4.69, 9.17) is 5.11 Å². The Kier molecular flexibility index (Phi) is 6.35. The standard InChI is InChI=1S/C12H18F2N2OS/c1-3-5-15-11-9(13)7-10(14)12(16-11)18-8(2)4-6-17/h7-8,17H,3-6H2,1-2H3,(H,15,16). The molecular weight excluding hydrogens is 258 g/mol. The number of nitrogens with one attached hydrogen (secondary N) is 1. The fourth-order valence-electron chi connectivity index (χ4n) is 1.33. The Labute approximate surface area is 110 Å². The van der Waals surface area contributed by atoms with Crippen LogP contribution in [0.5, 0.6) is 0 Å². The van der Waals surface area contributed by atoms with Crippen LogP contribution in [-0.2, 0) is 0 Å². The van der Waals surface area contributed by atoms with Gasteiger partial charge < -0.3 is 10.4 Å². The zero-order valence-electron chi connectivity index (χ0n) is 10.5. The van der Waals surface area contributed by atoms with Crippen LogP contribution in [0.3, 0.4) is 0 Å². The van der Waals surface area contributed by atoms with Crippen molar-refractivity contribution in [1.82, 2.24) is 4.98 Å². The molecule has 0 aliphatic rings. The lowest BCUT2D eigenvalue weighted by molar-refractivity contribution is 0.289. The third-order valence-corrected chi connectivity index (χ3v) is 3.44. The summed E-state index contributed by atoms with van der Waals surface area (Å²) < 4.78 is 27.0. The quantitative estimate of drug-likeness (QED) is 0.751. The van der Waals surface area contributed by atoms with E-state index in [1.165, 1.54) is 11.8 Å². The van der Waals surface area contributed by atoms with Gasteiger partial charge >= 0.3 is 0 Å². The summed E-state index contributed by atoms with van der Waals surface area (Å²) in [5.74, 6) is -1.26. The van der Waals surface area contributed by atoms with Crippen LogP contribution in [0.15, 0.2) is 11.1 Å². The number of aliphatic hydroxyl groups is 1. The van der Waals surface area contributed by atoms with Crippen LogP contribution in [0.1, 0.15) is 26.7 Å². The van der Waals surface area contributed by atoms with Gasteiger partial charge in [0.25, 0.3) is 0 Å². The van der Waals surface area contributed by atoms with Crippen molar-refractivity contribution in [3.8, 4) is 0 Å². The first kappa shape index (κ1) is 15.2. The molecule has 0 aliphatic heterocycles. The second kappa shape index (κ2) is 7.53. The monoisotopic (exact) mass is 276 g/mol. The number of halogens is 2. The molecule has 0 saturated carbocycles. The summed E-state index contributed by atoms with van der Waals surface area (Å²) in [6.07, 6.45) is 1.38. The van der Waals surface area contributed by atoms with Crippen LogP contribution in [0, 0.1) is 11.6 Å². The summed E-state index contributed by atoms with van der Waals surface area (Å²) >= 11 is 1.20. The van der Waals surface area contributed by atoms with Crippen LogP contribution in [0.4, 0.5) is 14.6 Å². The molecule has 2 N–H and O–H groups in total. The number of thioether (sulfide) groups is 1. The van der Waals surface area contributed by atoms with E-state index < -0.39 is 11.6 Å². The molecule has 1 unspecified atom stereocenters. The van der Waals surface area contributed by atoms with Crippen molar-refractivity contribution in [2.75, 3.05) is 18.5 Å². The Bertz CT molecular complexity index is 391. The second-order valence-electron chi connectivity index (χ2n) is 3.97. The van der Waals surface area contributed by atoms with Gasteiger partial charge in [0.05, 0.1) is 0 Å². The topological polar surface area (TPSA) is 45.2 Å². The van der Waals surface area contributed by atoms with Crippen molar-refractivity contribution in [2.45, 2.75) is 37.0 Å². The first-order valence-electron chi connectivity index (χ1n) is 5.95. The zero-order valence-corrected chi connectivity index (χ0v) is 11.4. The maximum atomic E-state index is 13.5. The van der Waals surface area contributed by atoms with E-state index in [0.717, 1.165) is 12.5 Å². The summed E-state index contributed by atoms with van der Waals surface area (Å²) in [7, 11) is 0. The van der Waals surface area contributed by atoms with Crippen molar-refractivity contribution in [3.63, 3.8) is 0 Å². The van der Waals surface area contributed by atoms with Gasteiger partial charge in [-0.3, -0.25) is 0 Å². The van der Waals surface area contributed by atoms with Crippen LogP contribution >= 0.6 is 11.8 Å². The lowest BCUT2D eigenvalue weighted by Crippen LogP contribution is -2.07. The van der Waals surface area contributed by atoms with Gasteiger partial charge in [0.2, 0.25) is 0 Å². The smallest absolute Gasteiger partial charge is 0.168 e. The average molecular weight is 276 g/mol. The number of aliphatic hydroxyl groups excluding tert-OH is 1. The molecule has 3 nitrogen and oxygen atoms in total. The highest BCUT2D eigenvalue weighted by molar-refractivity contribution is 7.99. The number of anilines is 1. The van der Waals surface area contributed by atoms with E-state index in [0.29, 0.717) is 13.0 Å². The van der Waals surface area contributed by atoms with E-state index in [-0.39, 0.29) is 22.7 Å². The van der Waals surface area contributed by atoms with Crippen LogP contribution < -0.4 is 5.32 Å². The molecule has 0 amide bonds. The molecule has 0 saturated heterocycles. The normalized spacial score (nSPS) is 12.5. The lowest BCUT2D eigenvalue weighted by Gasteiger charge is -2.12.